The van der Waals surface area contributed by atoms with Crippen LogP contribution in [0.25, 0.3) is 0 Å². The van der Waals surface area contributed by atoms with Gasteiger partial charge in [0.05, 0.1) is 17.5 Å². The maximum absolute atomic E-state index is 12.5. The Bertz CT molecular complexity index is 485. The lowest BCUT2D eigenvalue weighted by molar-refractivity contribution is -0.129. The highest BCUT2D eigenvalue weighted by molar-refractivity contribution is 8.00. The Hall–Kier alpha value is -1.01. The number of carbonyl (C=O) groups excluding carboxylic acids is 1. The summed E-state index contributed by atoms with van der Waals surface area (Å²) in [5.74, 6) is 1.68. The molecule has 1 aromatic heterocycles. The molecule has 0 spiro atoms. The Kier molecular flexibility index (Phi) is 4.85. The summed E-state index contributed by atoms with van der Waals surface area (Å²) in [6, 6.07) is 2.04. The molecule has 3 heterocycles. The molecule has 0 bridgehead atoms. The Labute approximate surface area is 129 Å². The smallest absolute Gasteiger partial charge is 0.233 e. The van der Waals surface area contributed by atoms with Gasteiger partial charge in [0.2, 0.25) is 5.91 Å². The lowest BCUT2D eigenvalue weighted by Gasteiger charge is -2.25. The van der Waals surface area contributed by atoms with Crippen molar-refractivity contribution in [1.29, 1.82) is 0 Å². The maximum Gasteiger partial charge on any atom is 0.233 e. The number of likely N-dealkylation sites (tertiary alicyclic amines) is 1. The molecule has 2 saturated heterocycles. The fraction of sp³-hybridized carbons (Fsp3) is 0.733. The van der Waals surface area contributed by atoms with Crippen molar-refractivity contribution in [2.75, 3.05) is 25.4 Å². The van der Waals surface area contributed by atoms with Crippen LogP contribution in [0.4, 0.5) is 0 Å². The van der Waals surface area contributed by atoms with Crippen LogP contribution in [0.5, 0.6) is 0 Å². The molecular weight excluding hydrogens is 286 g/mol. The van der Waals surface area contributed by atoms with Crippen molar-refractivity contribution in [3.63, 3.8) is 0 Å². The lowest BCUT2D eigenvalue weighted by atomic mass is 10.1. The molecule has 1 unspecified atom stereocenters. The largest absolute Gasteiger partial charge is 0.359 e. The molecule has 2 fully saturated rings. The fourth-order valence-electron chi connectivity index (χ4n) is 3.14. The molecule has 2 aliphatic heterocycles. The Balaban J connectivity index is 1.55. The highest BCUT2D eigenvalue weighted by atomic mass is 32.2. The summed E-state index contributed by atoms with van der Waals surface area (Å²) in [5.41, 5.74) is 0.883. The topological polar surface area (TPSA) is 58.4 Å². The normalized spacial score (nSPS) is 23.7. The van der Waals surface area contributed by atoms with Gasteiger partial charge in [-0.25, -0.2) is 0 Å². The van der Waals surface area contributed by atoms with Crippen LogP contribution in [0.1, 0.15) is 43.2 Å². The summed E-state index contributed by atoms with van der Waals surface area (Å²) >= 11 is 1.82. The number of carbonyl (C=O) groups is 1. The van der Waals surface area contributed by atoms with Gasteiger partial charge in [0.15, 0.2) is 5.76 Å². The highest BCUT2D eigenvalue weighted by Crippen LogP contribution is 2.33. The summed E-state index contributed by atoms with van der Waals surface area (Å²) in [7, 11) is 0. The number of amides is 1. The van der Waals surface area contributed by atoms with E-state index in [1.165, 1.54) is 12.8 Å². The molecule has 1 N–H and O–H groups in total. The van der Waals surface area contributed by atoms with Gasteiger partial charge in [0, 0.05) is 17.9 Å². The molecule has 2 aliphatic rings. The van der Waals surface area contributed by atoms with E-state index in [0.717, 1.165) is 43.9 Å². The number of rotatable bonds is 4. The highest BCUT2D eigenvalue weighted by Gasteiger charge is 2.32. The molecule has 3 rings (SSSR count). The third-order valence-electron chi connectivity index (χ3n) is 4.28. The van der Waals surface area contributed by atoms with E-state index in [4.69, 9.17) is 4.52 Å². The second-order valence-electron chi connectivity index (χ2n) is 5.88. The van der Waals surface area contributed by atoms with E-state index in [9.17, 15) is 4.79 Å². The number of aryl methyl sites for hydroxylation is 1. The lowest BCUT2D eigenvalue weighted by Crippen LogP contribution is -2.34. The van der Waals surface area contributed by atoms with Crippen LogP contribution in [0, 0.1) is 6.92 Å². The van der Waals surface area contributed by atoms with Crippen LogP contribution in [0.2, 0.25) is 0 Å². The average Bonchev–Trinajstić information content (AvgIpc) is 3.14. The first kappa shape index (κ1) is 14.9. The number of nitrogens with one attached hydrogen (secondary N) is 1. The second kappa shape index (κ2) is 6.83. The molecule has 21 heavy (non-hydrogen) atoms. The maximum atomic E-state index is 12.5. The Morgan fingerprint density at radius 1 is 1.48 bits per heavy atom. The summed E-state index contributed by atoms with van der Waals surface area (Å²) in [4.78, 5) is 14.5. The van der Waals surface area contributed by atoms with E-state index < -0.39 is 0 Å². The molecule has 1 amide bonds. The van der Waals surface area contributed by atoms with Gasteiger partial charge in [0.25, 0.3) is 0 Å². The molecular formula is C15H23N3O2S. The van der Waals surface area contributed by atoms with Crippen molar-refractivity contribution in [1.82, 2.24) is 15.4 Å². The van der Waals surface area contributed by atoms with Crippen LogP contribution in [0.15, 0.2) is 10.6 Å². The number of nitrogens with zero attached hydrogens (tertiary/aromatic N) is 2. The SMILES string of the molecule is Cc1cc(C2CCCN2C(=O)CSC2CCNCC2)on1. The van der Waals surface area contributed by atoms with Crippen LogP contribution in [0.3, 0.4) is 0 Å². The summed E-state index contributed by atoms with van der Waals surface area (Å²) in [6.07, 6.45) is 4.37. The molecule has 1 atom stereocenters. The number of thioether (sulfide) groups is 1. The second-order valence-corrected chi connectivity index (χ2v) is 7.16. The van der Waals surface area contributed by atoms with Crippen molar-refractivity contribution in [2.45, 2.75) is 43.9 Å². The van der Waals surface area contributed by atoms with Crippen molar-refractivity contribution < 1.29 is 9.32 Å². The van der Waals surface area contributed by atoms with E-state index in [2.05, 4.69) is 10.5 Å². The zero-order valence-electron chi connectivity index (χ0n) is 12.5. The van der Waals surface area contributed by atoms with Gasteiger partial charge < -0.3 is 14.7 Å². The summed E-state index contributed by atoms with van der Waals surface area (Å²) < 4.78 is 5.36. The van der Waals surface area contributed by atoms with Gasteiger partial charge in [-0.05, 0) is 45.7 Å². The van der Waals surface area contributed by atoms with E-state index in [0.29, 0.717) is 11.0 Å². The standard InChI is InChI=1S/C15H23N3O2S/c1-11-9-14(20-17-11)13-3-2-8-18(13)15(19)10-21-12-4-6-16-7-5-12/h9,12-13,16H,2-8,10H2,1H3. The zero-order valence-corrected chi connectivity index (χ0v) is 13.3. The number of aromatic nitrogens is 1. The Morgan fingerprint density at radius 3 is 3.00 bits per heavy atom. The molecule has 0 saturated carbocycles. The molecule has 0 aliphatic carbocycles. The molecule has 5 nitrogen and oxygen atoms in total. The predicted octanol–water partition coefficient (Wildman–Crippen LogP) is 2.13. The monoisotopic (exact) mass is 309 g/mol. The minimum absolute atomic E-state index is 0.0901. The van der Waals surface area contributed by atoms with Crippen molar-refractivity contribution in [2.24, 2.45) is 0 Å². The Morgan fingerprint density at radius 2 is 2.29 bits per heavy atom. The van der Waals surface area contributed by atoms with Crippen molar-refractivity contribution in [3.05, 3.63) is 17.5 Å². The number of piperidine rings is 1. The van der Waals surface area contributed by atoms with Gasteiger partial charge in [-0.3, -0.25) is 4.79 Å². The molecule has 1 aromatic rings. The van der Waals surface area contributed by atoms with Crippen molar-refractivity contribution >= 4 is 17.7 Å². The van der Waals surface area contributed by atoms with Gasteiger partial charge in [-0.1, -0.05) is 5.16 Å². The first-order chi connectivity index (χ1) is 10.2. The van der Waals surface area contributed by atoms with Crippen LogP contribution >= 0.6 is 11.8 Å². The van der Waals surface area contributed by atoms with Crippen molar-refractivity contribution in [3.8, 4) is 0 Å². The van der Waals surface area contributed by atoms with Crippen LogP contribution in [-0.2, 0) is 4.79 Å². The van der Waals surface area contributed by atoms with E-state index in [-0.39, 0.29) is 11.9 Å². The van der Waals surface area contributed by atoms with Gasteiger partial charge >= 0.3 is 0 Å². The quantitative estimate of drug-likeness (QED) is 0.923. The summed E-state index contributed by atoms with van der Waals surface area (Å²) in [5, 5.41) is 7.94. The summed E-state index contributed by atoms with van der Waals surface area (Å²) in [6.45, 7) is 4.92. The number of hydrogen-bond acceptors (Lipinski definition) is 5. The molecule has 0 radical (unpaired) electrons. The number of hydrogen-bond donors (Lipinski definition) is 1. The third-order valence-corrected chi connectivity index (χ3v) is 5.63. The van der Waals surface area contributed by atoms with Gasteiger partial charge in [-0.2, -0.15) is 0 Å². The first-order valence-electron chi connectivity index (χ1n) is 7.79. The predicted molar refractivity (Wildman–Crippen MR) is 83.3 cm³/mol. The zero-order chi connectivity index (χ0) is 14.7. The molecule has 6 heteroatoms. The molecule has 0 aromatic carbocycles. The molecule has 116 valence electrons. The third kappa shape index (κ3) is 3.61. The minimum atomic E-state index is 0.0901. The van der Waals surface area contributed by atoms with Crippen LogP contribution in [-0.4, -0.2) is 46.6 Å². The van der Waals surface area contributed by atoms with Gasteiger partial charge in [0.1, 0.15) is 0 Å². The first-order valence-corrected chi connectivity index (χ1v) is 8.84. The van der Waals surface area contributed by atoms with E-state index >= 15 is 0 Å². The van der Waals surface area contributed by atoms with E-state index in [1.807, 2.05) is 29.7 Å². The van der Waals surface area contributed by atoms with Crippen LogP contribution < -0.4 is 5.32 Å². The minimum Gasteiger partial charge on any atom is -0.359 e. The van der Waals surface area contributed by atoms with E-state index in [1.54, 1.807) is 0 Å². The van der Waals surface area contributed by atoms with Gasteiger partial charge in [-0.15, -0.1) is 11.8 Å². The fourth-order valence-corrected chi connectivity index (χ4v) is 4.25. The average molecular weight is 309 g/mol.